The Labute approximate surface area is 355 Å². The smallest absolute Gasteiger partial charge is 0.109 e. The summed E-state index contributed by atoms with van der Waals surface area (Å²) in [5, 5.41) is 11.5. The predicted molar refractivity (Wildman–Crippen MR) is 251 cm³/mol. The summed E-state index contributed by atoms with van der Waals surface area (Å²) in [6, 6.07) is 0. The van der Waals surface area contributed by atoms with Crippen molar-refractivity contribution in [2.45, 2.75) is 139 Å². The van der Waals surface area contributed by atoms with Crippen LogP contribution in [0.1, 0.15) is 127 Å². The van der Waals surface area contributed by atoms with Crippen LogP contribution in [0, 0.1) is 0 Å². The second-order valence-electron chi connectivity index (χ2n) is 11.2. The fourth-order valence-corrected chi connectivity index (χ4v) is 7.32. The van der Waals surface area contributed by atoms with Gasteiger partial charge in [0.25, 0.3) is 0 Å². The molecule has 0 saturated heterocycles. The molecule has 0 heterocycles. The van der Waals surface area contributed by atoms with Crippen molar-refractivity contribution in [2.24, 2.45) is 0 Å². The summed E-state index contributed by atoms with van der Waals surface area (Å²) in [5.74, 6) is 9.42. The molecule has 2 N–H and O–H groups in total. The average Bonchev–Trinajstić information content (AvgIpc) is 3.21. The summed E-state index contributed by atoms with van der Waals surface area (Å²) in [6.45, 7) is 28.2. The van der Waals surface area contributed by atoms with Crippen LogP contribution >= 0.6 is 47.0 Å². The largest absolute Gasteiger partial charge is 0.396 e. The van der Waals surface area contributed by atoms with Gasteiger partial charge in [-0.1, -0.05) is 75.7 Å². The zero-order chi connectivity index (χ0) is 41.4. The lowest BCUT2D eigenvalue weighted by Gasteiger charge is -2.28. The maximum absolute atomic E-state index is 8.41. The number of aliphatic hydroxyl groups excluding tert-OH is 1. The van der Waals surface area contributed by atoms with Crippen molar-refractivity contribution >= 4 is 47.0 Å². The SMILES string of the molecule is CC.CC.CC.CCCCSCCCO.CCCSCCCOCC(OCCCSCCC)C(COCCOCCOCCNC)OCCCSCCC. The zero-order valence-electron chi connectivity index (χ0n) is 37.7. The van der Waals surface area contributed by atoms with Crippen LogP contribution in [0.3, 0.4) is 0 Å². The highest BCUT2D eigenvalue weighted by atomic mass is 32.2. The van der Waals surface area contributed by atoms with E-state index in [1.165, 1.54) is 55.1 Å². The number of rotatable bonds is 40. The van der Waals surface area contributed by atoms with E-state index in [1.807, 2.05) is 95.6 Å². The monoisotopic (exact) mass is 854 g/mol. The lowest BCUT2D eigenvalue weighted by Crippen LogP contribution is -2.40. The molecular formula is C42H95NO7S4. The Balaban J connectivity index is -0.000000452. The van der Waals surface area contributed by atoms with Crippen molar-refractivity contribution < 1.29 is 33.5 Å². The Bertz CT molecular complexity index is 559. The van der Waals surface area contributed by atoms with E-state index in [9.17, 15) is 0 Å². The lowest BCUT2D eigenvalue weighted by molar-refractivity contribution is -0.129. The second-order valence-corrected chi connectivity index (χ2v) is 16.1. The Morgan fingerprint density at radius 1 is 0.426 bits per heavy atom. The number of unbranched alkanes of at least 4 members (excludes halogenated alkanes) is 1. The Morgan fingerprint density at radius 3 is 1.22 bits per heavy atom. The van der Waals surface area contributed by atoms with Gasteiger partial charge in [0.15, 0.2) is 0 Å². The molecule has 2 atom stereocenters. The summed E-state index contributed by atoms with van der Waals surface area (Å²) in [7, 11) is 1.92. The third kappa shape index (κ3) is 62.3. The van der Waals surface area contributed by atoms with Crippen LogP contribution < -0.4 is 5.32 Å². The third-order valence-electron chi connectivity index (χ3n) is 6.46. The molecule has 0 aromatic carbocycles. The Kier molecular flexibility index (Phi) is 81.8. The quantitative estimate of drug-likeness (QED) is 0.0576. The molecular weight excluding hydrogens is 759 g/mol. The van der Waals surface area contributed by atoms with E-state index >= 15 is 0 Å². The summed E-state index contributed by atoms with van der Waals surface area (Å²) in [4.78, 5) is 0. The molecule has 0 aromatic heterocycles. The number of hydrogen-bond acceptors (Lipinski definition) is 12. The van der Waals surface area contributed by atoms with Gasteiger partial charge in [-0.2, -0.15) is 47.0 Å². The molecule has 0 spiro atoms. The fraction of sp³-hybridized carbons (Fsp3) is 1.00. The molecule has 0 rings (SSSR count). The molecule has 12 heteroatoms. The van der Waals surface area contributed by atoms with Gasteiger partial charge in [0.2, 0.25) is 0 Å². The van der Waals surface area contributed by atoms with Crippen LogP contribution in [0.4, 0.5) is 0 Å². The van der Waals surface area contributed by atoms with E-state index in [1.54, 1.807) is 0 Å². The molecule has 54 heavy (non-hydrogen) atoms. The highest BCUT2D eigenvalue weighted by Gasteiger charge is 2.24. The van der Waals surface area contributed by atoms with Gasteiger partial charge in [-0.05, 0) is 104 Å². The van der Waals surface area contributed by atoms with Crippen LogP contribution in [0.2, 0.25) is 0 Å². The van der Waals surface area contributed by atoms with Crippen LogP contribution in [-0.4, -0.2) is 150 Å². The van der Waals surface area contributed by atoms with E-state index in [0.717, 1.165) is 68.5 Å². The van der Waals surface area contributed by atoms with E-state index in [4.69, 9.17) is 33.5 Å². The van der Waals surface area contributed by atoms with Gasteiger partial charge in [0.1, 0.15) is 12.2 Å². The molecule has 0 radical (unpaired) electrons. The van der Waals surface area contributed by atoms with Crippen molar-refractivity contribution in [2.75, 3.05) is 132 Å². The highest BCUT2D eigenvalue weighted by molar-refractivity contribution is 7.99. The van der Waals surface area contributed by atoms with Gasteiger partial charge in [-0.25, -0.2) is 0 Å². The molecule has 0 aliphatic heterocycles. The summed E-state index contributed by atoms with van der Waals surface area (Å²) in [5.41, 5.74) is 0. The lowest BCUT2D eigenvalue weighted by atomic mass is 10.2. The maximum atomic E-state index is 8.41. The first-order valence-electron chi connectivity index (χ1n) is 21.8. The van der Waals surface area contributed by atoms with Gasteiger partial charge in [-0.3, -0.25) is 0 Å². The topological polar surface area (TPSA) is 87.6 Å². The first-order valence-corrected chi connectivity index (χ1v) is 26.4. The first kappa shape index (κ1) is 64.2. The second kappa shape index (κ2) is 68.7. The van der Waals surface area contributed by atoms with Crippen molar-refractivity contribution in [3.8, 4) is 0 Å². The number of thioether (sulfide) groups is 4. The van der Waals surface area contributed by atoms with Crippen LogP contribution in [0.5, 0.6) is 0 Å². The minimum atomic E-state index is -0.149. The van der Waals surface area contributed by atoms with Gasteiger partial charge in [0.05, 0.1) is 46.2 Å². The number of hydrogen-bond donors (Lipinski definition) is 2. The van der Waals surface area contributed by atoms with E-state index in [-0.39, 0.29) is 12.2 Å². The van der Waals surface area contributed by atoms with E-state index in [2.05, 4.69) is 33.0 Å². The zero-order valence-corrected chi connectivity index (χ0v) is 41.0. The molecule has 0 saturated carbocycles. The average molecular weight is 854 g/mol. The third-order valence-corrected chi connectivity index (χ3v) is 11.4. The molecule has 0 aliphatic carbocycles. The fourth-order valence-electron chi connectivity index (χ4n) is 3.85. The van der Waals surface area contributed by atoms with Crippen molar-refractivity contribution in [3.63, 3.8) is 0 Å². The normalized spacial score (nSPS) is 11.6. The van der Waals surface area contributed by atoms with Crippen molar-refractivity contribution in [3.05, 3.63) is 0 Å². The number of nitrogens with one attached hydrogen (secondary N) is 1. The van der Waals surface area contributed by atoms with Crippen LogP contribution in [0.25, 0.3) is 0 Å². The molecule has 0 amide bonds. The molecule has 0 aliphatic rings. The molecule has 0 bridgehead atoms. The summed E-state index contributed by atoms with van der Waals surface area (Å²) >= 11 is 7.94. The molecule has 2 unspecified atom stereocenters. The summed E-state index contributed by atoms with van der Waals surface area (Å²) < 4.78 is 35.9. The maximum Gasteiger partial charge on any atom is 0.109 e. The van der Waals surface area contributed by atoms with E-state index < -0.39 is 0 Å². The van der Waals surface area contributed by atoms with Crippen molar-refractivity contribution in [1.29, 1.82) is 0 Å². The minimum absolute atomic E-state index is 0.130. The summed E-state index contributed by atoms with van der Waals surface area (Å²) in [6.07, 6.45) is 10.1. The molecule has 0 fully saturated rings. The Morgan fingerprint density at radius 2 is 0.796 bits per heavy atom. The van der Waals surface area contributed by atoms with Crippen LogP contribution in [-0.2, 0) is 28.4 Å². The molecule has 0 aromatic rings. The van der Waals surface area contributed by atoms with Gasteiger partial charge in [-0.15, -0.1) is 0 Å². The Hall–Kier alpha value is 1.08. The minimum Gasteiger partial charge on any atom is -0.396 e. The number of aliphatic hydroxyl groups is 1. The number of likely N-dealkylation sites (N-methyl/N-ethyl adjacent to an activating group) is 1. The van der Waals surface area contributed by atoms with Crippen molar-refractivity contribution in [1.82, 2.24) is 5.32 Å². The molecule has 334 valence electrons. The van der Waals surface area contributed by atoms with Crippen LogP contribution in [0.15, 0.2) is 0 Å². The van der Waals surface area contributed by atoms with Gasteiger partial charge >= 0.3 is 0 Å². The molecule has 8 nitrogen and oxygen atoms in total. The standard InChI is InChI=1S/C29H61NO6S3.C7H16OS.3C2H6/c1-5-20-37-23-8-12-33-26-28(35-13-9-24-38-21-6-2)29(36-14-10-25-39-22-7-3)27-34-19-18-32-17-16-31-15-11-30-4;1-2-3-6-9-7-4-5-8;3*1-2/h28-30H,5-27H2,1-4H3;8H,2-7H2,1H3;3*1-2H3. The van der Waals surface area contributed by atoms with Gasteiger partial charge < -0.3 is 38.8 Å². The predicted octanol–water partition coefficient (Wildman–Crippen LogP) is 10.6. The number of ether oxygens (including phenoxy) is 6. The van der Waals surface area contributed by atoms with Gasteiger partial charge in [0, 0.05) is 33.0 Å². The highest BCUT2D eigenvalue weighted by Crippen LogP contribution is 2.13. The van der Waals surface area contributed by atoms with E-state index in [0.29, 0.717) is 59.5 Å². The first-order chi connectivity index (χ1) is 26.7.